The number of aromatic nitrogens is 1. The Morgan fingerprint density at radius 1 is 1.53 bits per heavy atom. The maximum absolute atomic E-state index is 5.46. The summed E-state index contributed by atoms with van der Waals surface area (Å²) in [6, 6.07) is 1.29. The molecule has 4 heteroatoms. The van der Waals surface area contributed by atoms with Crippen LogP contribution in [0.1, 0.15) is 25.2 Å². The van der Waals surface area contributed by atoms with Crippen LogP contribution >= 0.6 is 22.6 Å². The van der Waals surface area contributed by atoms with Crippen molar-refractivity contribution in [1.82, 2.24) is 9.88 Å². The molecule has 2 bridgehead atoms. The van der Waals surface area contributed by atoms with Crippen LogP contribution in [0.3, 0.4) is 0 Å². The Hall–Kier alpha value is -0.360. The van der Waals surface area contributed by atoms with Crippen molar-refractivity contribution in [1.29, 1.82) is 0 Å². The summed E-state index contributed by atoms with van der Waals surface area (Å²) in [5.74, 6) is 0.824. The largest absolute Gasteiger partial charge is 0.444 e. The lowest BCUT2D eigenvalue weighted by Crippen LogP contribution is -2.34. The van der Waals surface area contributed by atoms with E-state index in [4.69, 9.17) is 4.42 Å². The summed E-state index contributed by atoms with van der Waals surface area (Å²) in [4.78, 5) is 6.86. The van der Waals surface area contributed by atoms with Gasteiger partial charge >= 0.3 is 0 Å². The number of nitrogens with zero attached hydrogens (tertiary/aromatic N) is 2. The molecule has 3 nitrogen and oxygen atoms in total. The average molecular weight is 316 g/mol. The van der Waals surface area contributed by atoms with Gasteiger partial charge in [0.05, 0.1) is 0 Å². The summed E-state index contributed by atoms with van der Waals surface area (Å²) in [6.07, 6.45) is 7.72. The molecule has 0 aromatic carbocycles. The molecule has 0 aliphatic carbocycles. The Balaban J connectivity index is 1.93. The molecule has 0 saturated carbocycles. The maximum Gasteiger partial charge on any atom is 0.222 e. The first kappa shape index (κ1) is 9.84. The van der Waals surface area contributed by atoms with E-state index in [-0.39, 0.29) is 0 Å². The first-order valence-corrected chi connectivity index (χ1v) is 6.36. The predicted octanol–water partition coefficient (Wildman–Crippen LogP) is 2.53. The van der Waals surface area contributed by atoms with Crippen LogP contribution in [-0.2, 0) is 0 Å². The third kappa shape index (κ3) is 1.63. The lowest BCUT2D eigenvalue weighted by molar-refractivity contribution is 0.263. The smallest absolute Gasteiger partial charge is 0.222 e. The lowest BCUT2D eigenvalue weighted by atomic mass is 10.0. The number of halogens is 1. The minimum absolute atomic E-state index is 0.600. The van der Waals surface area contributed by atoms with Crippen LogP contribution in [0.25, 0.3) is 5.57 Å². The molecular weight excluding hydrogens is 303 g/mol. The van der Waals surface area contributed by atoms with E-state index in [0.29, 0.717) is 12.1 Å². The van der Waals surface area contributed by atoms with E-state index in [1.54, 1.807) is 6.26 Å². The Labute approximate surface area is 103 Å². The molecule has 80 valence electrons. The minimum atomic E-state index is 0.600. The van der Waals surface area contributed by atoms with E-state index in [2.05, 4.69) is 45.6 Å². The highest BCUT2D eigenvalue weighted by Crippen LogP contribution is 2.36. The van der Waals surface area contributed by atoms with Gasteiger partial charge in [-0.1, -0.05) is 6.08 Å². The molecule has 3 heterocycles. The van der Waals surface area contributed by atoms with Crippen molar-refractivity contribution in [2.45, 2.75) is 31.3 Å². The highest BCUT2D eigenvalue weighted by atomic mass is 127. The molecule has 1 fully saturated rings. The highest BCUT2D eigenvalue weighted by molar-refractivity contribution is 14.1. The maximum atomic E-state index is 5.46. The zero-order valence-corrected chi connectivity index (χ0v) is 10.8. The topological polar surface area (TPSA) is 29.3 Å². The fraction of sp³-hybridized carbons (Fsp3) is 0.545. The molecule has 2 aliphatic heterocycles. The zero-order valence-electron chi connectivity index (χ0n) is 8.61. The van der Waals surface area contributed by atoms with Crippen LogP contribution in [-0.4, -0.2) is 29.0 Å². The number of hydrogen-bond acceptors (Lipinski definition) is 3. The Morgan fingerprint density at radius 3 is 3.07 bits per heavy atom. The molecule has 0 spiro atoms. The van der Waals surface area contributed by atoms with Crippen LogP contribution < -0.4 is 0 Å². The van der Waals surface area contributed by atoms with E-state index in [9.17, 15) is 0 Å². The van der Waals surface area contributed by atoms with Crippen molar-refractivity contribution >= 4 is 28.2 Å². The van der Waals surface area contributed by atoms with Gasteiger partial charge in [-0.05, 0) is 48.9 Å². The SMILES string of the molecule is CN1C2C=C(c3nc(I)co3)CC1CC2. The number of likely N-dealkylation sites (N-methyl/N-ethyl adjacent to an activating group) is 1. The molecule has 1 aromatic rings. The minimum Gasteiger partial charge on any atom is -0.444 e. The van der Waals surface area contributed by atoms with E-state index in [0.717, 1.165) is 16.0 Å². The van der Waals surface area contributed by atoms with Gasteiger partial charge in [0, 0.05) is 17.7 Å². The second kappa shape index (κ2) is 3.59. The fourth-order valence-electron chi connectivity index (χ4n) is 2.60. The summed E-state index contributed by atoms with van der Waals surface area (Å²) in [7, 11) is 2.22. The number of fused-ring (bicyclic) bond motifs is 2. The number of hydrogen-bond donors (Lipinski definition) is 0. The van der Waals surface area contributed by atoms with E-state index < -0.39 is 0 Å². The van der Waals surface area contributed by atoms with E-state index >= 15 is 0 Å². The van der Waals surface area contributed by atoms with Gasteiger partial charge in [0.15, 0.2) is 0 Å². The van der Waals surface area contributed by atoms with Crippen LogP contribution in [0.15, 0.2) is 16.8 Å². The molecule has 3 rings (SSSR count). The summed E-state index contributed by atoms with van der Waals surface area (Å²) in [6.45, 7) is 0. The van der Waals surface area contributed by atoms with Gasteiger partial charge in [0.25, 0.3) is 0 Å². The molecule has 2 aliphatic rings. The van der Waals surface area contributed by atoms with Gasteiger partial charge in [-0.25, -0.2) is 4.98 Å². The zero-order chi connectivity index (χ0) is 10.4. The standard InChI is InChI=1S/C11H13IN2O/c1-14-8-2-3-9(14)5-7(4-8)11-13-10(12)6-15-11/h4,6,8-9H,2-3,5H2,1H3. The molecule has 1 aromatic heterocycles. The van der Waals surface area contributed by atoms with Crippen LogP contribution in [0, 0.1) is 3.70 Å². The first-order valence-electron chi connectivity index (χ1n) is 5.28. The van der Waals surface area contributed by atoms with Crippen LogP contribution in [0.2, 0.25) is 0 Å². The quantitative estimate of drug-likeness (QED) is 0.746. The molecule has 0 radical (unpaired) electrons. The van der Waals surface area contributed by atoms with Crippen molar-refractivity contribution < 1.29 is 4.42 Å². The molecule has 2 atom stereocenters. The van der Waals surface area contributed by atoms with Gasteiger partial charge in [-0.15, -0.1) is 0 Å². The molecule has 0 amide bonds. The Morgan fingerprint density at radius 2 is 2.40 bits per heavy atom. The van der Waals surface area contributed by atoms with E-state index in [1.807, 2.05) is 0 Å². The second-order valence-electron chi connectivity index (χ2n) is 4.34. The number of rotatable bonds is 1. The van der Waals surface area contributed by atoms with Gasteiger partial charge in [0.1, 0.15) is 9.96 Å². The summed E-state index contributed by atoms with van der Waals surface area (Å²) < 4.78 is 6.40. The van der Waals surface area contributed by atoms with Crippen LogP contribution in [0.5, 0.6) is 0 Å². The average Bonchev–Trinajstić information content (AvgIpc) is 2.70. The highest BCUT2D eigenvalue weighted by Gasteiger charge is 2.35. The second-order valence-corrected chi connectivity index (χ2v) is 5.44. The van der Waals surface area contributed by atoms with Crippen molar-refractivity contribution in [3.63, 3.8) is 0 Å². The normalized spacial score (nSPS) is 30.7. The summed E-state index contributed by atoms with van der Waals surface area (Å²) in [5, 5.41) is 0. The fourth-order valence-corrected chi connectivity index (χ4v) is 2.95. The van der Waals surface area contributed by atoms with Gasteiger partial charge < -0.3 is 4.42 Å². The van der Waals surface area contributed by atoms with Crippen molar-refractivity contribution in [3.8, 4) is 0 Å². The Bertz CT molecular complexity index is 412. The molecule has 2 unspecified atom stereocenters. The van der Waals surface area contributed by atoms with Gasteiger partial charge in [0.2, 0.25) is 5.89 Å². The van der Waals surface area contributed by atoms with Crippen LogP contribution in [0.4, 0.5) is 0 Å². The van der Waals surface area contributed by atoms with Crippen molar-refractivity contribution in [3.05, 3.63) is 21.9 Å². The molecule has 15 heavy (non-hydrogen) atoms. The molecule has 0 N–H and O–H groups in total. The van der Waals surface area contributed by atoms with Crippen molar-refractivity contribution in [2.24, 2.45) is 0 Å². The lowest BCUT2D eigenvalue weighted by Gasteiger charge is -2.29. The third-order valence-corrected chi connectivity index (χ3v) is 3.99. The monoisotopic (exact) mass is 316 g/mol. The summed E-state index contributed by atoms with van der Waals surface area (Å²) >= 11 is 2.18. The van der Waals surface area contributed by atoms with Crippen molar-refractivity contribution in [2.75, 3.05) is 7.05 Å². The molecule has 1 saturated heterocycles. The van der Waals surface area contributed by atoms with E-state index in [1.165, 1.54) is 18.4 Å². The number of oxazole rings is 1. The first-order chi connectivity index (χ1) is 7.24. The van der Waals surface area contributed by atoms with Gasteiger partial charge in [-0.2, -0.15) is 0 Å². The molecular formula is C11H13IN2O. The Kier molecular flexibility index (Phi) is 2.35. The predicted molar refractivity (Wildman–Crippen MR) is 66.4 cm³/mol. The third-order valence-electron chi connectivity index (χ3n) is 3.49. The van der Waals surface area contributed by atoms with Gasteiger partial charge in [-0.3, -0.25) is 4.90 Å². The summed E-state index contributed by atoms with van der Waals surface area (Å²) in [5.41, 5.74) is 1.29.